The number of rotatable bonds is 3. The van der Waals surface area contributed by atoms with Crippen LogP contribution < -0.4 is 0 Å². The highest BCUT2D eigenvalue weighted by Crippen LogP contribution is 2.15. The summed E-state index contributed by atoms with van der Waals surface area (Å²) in [6.07, 6.45) is 3.71. The normalized spacial score (nSPS) is 10.7. The van der Waals surface area contributed by atoms with Gasteiger partial charge in [-0.3, -0.25) is 0 Å². The van der Waals surface area contributed by atoms with E-state index in [1.165, 1.54) is 0 Å². The van der Waals surface area contributed by atoms with Crippen LogP contribution in [0.15, 0.2) is 53.0 Å². The number of halogens is 1. The third-order valence-electron chi connectivity index (χ3n) is 2.52. The first-order chi connectivity index (χ1) is 8.66. The molecule has 0 unspecified atom stereocenters. The van der Waals surface area contributed by atoms with Gasteiger partial charge in [-0.15, -0.1) is 0 Å². The van der Waals surface area contributed by atoms with E-state index in [1.54, 1.807) is 18.2 Å². The van der Waals surface area contributed by atoms with E-state index in [9.17, 15) is 4.79 Å². The van der Waals surface area contributed by atoms with E-state index in [1.807, 2.05) is 42.5 Å². The van der Waals surface area contributed by atoms with E-state index in [-0.39, 0.29) is 0 Å². The summed E-state index contributed by atoms with van der Waals surface area (Å²) in [7, 11) is 0. The third-order valence-corrected chi connectivity index (χ3v) is 3.05. The number of carboxylic acids is 1. The average molecular weight is 303 g/mol. The molecule has 0 saturated heterocycles. The van der Waals surface area contributed by atoms with E-state index < -0.39 is 5.97 Å². The van der Waals surface area contributed by atoms with Gasteiger partial charge in [0.15, 0.2) is 0 Å². The third kappa shape index (κ3) is 3.08. The molecule has 0 aromatic heterocycles. The van der Waals surface area contributed by atoms with Crippen LogP contribution in [0.4, 0.5) is 0 Å². The van der Waals surface area contributed by atoms with Gasteiger partial charge in [-0.2, -0.15) is 0 Å². The second-order valence-electron chi connectivity index (χ2n) is 3.78. The van der Waals surface area contributed by atoms with Gasteiger partial charge in [-0.1, -0.05) is 58.4 Å². The monoisotopic (exact) mass is 302 g/mol. The van der Waals surface area contributed by atoms with Gasteiger partial charge in [0.2, 0.25) is 0 Å². The van der Waals surface area contributed by atoms with Crippen LogP contribution in [0.25, 0.3) is 12.2 Å². The first-order valence-corrected chi connectivity index (χ1v) is 6.22. The van der Waals surface area contributed by atoms with Crippen LogP contribution >= 0.6 is 15.9 Å². The molecule has 2 rings (SSSR count). The lowest BCUT2D eigenvalue weighted by molar-refractivity contribution is 0.0696. The Balaban J connectivity index is 2.29. The predicted octanol–water partition coefficient (Wildman–Crippen LogP) is 4.32. The lowest BCUT2D eigenvalue weighted by atomic mass is 10.1. The van der Waals surface area contributed by atoms with Gasteiger partial charge in [-0.05, 0) is 29.3 Å². The molecule has 0 aliphatic rings. The first kappa shape index (κ1) is 12.6. The minimum Gasteiger partial charge on any atom is -0.478 e. The number of hydrogen-bond donors (Lipinski definition) is 1. The predicted molar refractivity (Wildman–Crippen MR) is 76.5 cm³/mol. The van der Waals surface area contributed by atoms with Crippen LogP contribution in [0.5, 0.6) is 0 Å². The summed E-state index contributed by atoms with van der Waals surface area (Å²) in [4.78, 5) is 11.0. The molecular weight excluding hydrogens is 292 g/mol. The van der Waals surface area contributed by atoms with Crippen LogP contribution in [0.1, 0.15) is 21.5 Å². The fourth-order valence-corrected chi connectivity index (χ4v) is 1.86. The van der Waals surface area contributed by atoms with Crippen molar-refractivity contribution in [3.8, 4) is 0 Å². The van der Waals surface area contributed by atoms with Crippen LogP contribution in [0, 0.1) is 0 Å². The Bertz CT molecular complexity index is 586. The molecule has 0 saturated carbocycles. The largest absolute Gasteiger partial charge is 0.478 e. The molecule has 0 heterocycles. The van der Waals surface area contributed by atoms with Crippen molar-refractivity contribution < 1.29 is 9.90 Å². The fourth-order valence-electron chi connectivity index (χ4n) is 1.60. The number of carboxylic acid groups (broad SMARTS) is 1. The second-order valence-corrected chi connectivity index (χ2v) is 4.69. The van der Waals surface area contributed by atoms with Crippen LogP contribution in [0.2, 0.25) is 0 Å². The van der Waals surface area contributed by atoms with Crippen molar-refractivity contribution >= 4 is 34.1 Å². The molecule has 0 aliphatic heterocycles. The van der Waals surface area contributed by atoms with Gasteiger partial charge in [0.25, 0.3) is 0 Å². The summed E-state index contributed by atoms with van der Waals surface area (Å²) in [6.45, 7) is 0. The molecule has 3 heteroatoms. The molecule has 18 heavy (non-hydrogen) atoms. The Morgan fingerprint density at radius 1 is 1.00 bits per heavy atom. The summed E-state index contributed by atoms with van der Waals surface area (Å²) >= 11 is 3.37. The van der Waals surface area contributed by atoms with Crippen LogP contribution in [-0.2, 0) is 0 Å². The SMILES string of the molecule is O=C(O)c1ccccc1/C=C\c1ccc(Br)cc1. The van der Waals surface area contributed by atoms with Gasteiger partial charge < -0.3 is 5.11 Å². The van der Waals surface area contributed by atoms with Gasteiger partial charge in [0, 0.05) is 4.47 Å². The molecule has 0 bridgehead atoms. The lowest BCUT2D eigenvalue weighted by Gasteiger charge is -2.00. The second kappa shape index (κ2) is 5.65. The maximum Gasteiger partial charge on any atom is 0.336 e. The van der Waals surface area contributed by atoms with Crippen molar-refractivity contribution in [1.29, 1.82) is 0 Å². The molecule has 0 fully saturated rings. The summed E-state index contributed by atoms with van der Waals surface area (Å²) in [5.41, 5.74) is 2.04. The Hall–Kier alpha value is -1.87. The number of hydrogen-bond acceptors (Lipinski definition) is 1. The molecule has 0 atom stereocenters. The summed E-state index contributed by atoms with van der Waals surface area (Å²) < 4.78 is 1.02. The van der Waals surface area contributed by atoms with Gasteiger partial charge in [0.05, 0.1) is 5.56 Å². The highest BCUT2D eigenvalue weighted by Gasteiger charge is 2.05. The minimum absolute atomic E-state index is 0.311. The number of carbonyl (C=O) groups is 1. The van der Waals surface area contributed by atoms with Crippen molar-refractivity contribution in [2.24, 2.45) is 0 Å². The number of aromatic carboxylic acids is 1. The molecule has 0 spiro atoms. The average Bonchev–Trinajstić information content (AvgIpc) is 2.38. The molecule has 0 radical (unpaired) electrons. The van der Waals surface area contributed by atoms with E-state index >= 15 is 0 Å². The van der Waals surface area contributed by atoms with Crippen molar-refractivity contribution in [1.82, 2.24) is 0 Å². The highest BCUT2D eigenvalue weighted by atomic mass is 79.9. The van der Waals surface area contributed by atoms with E-state index in [2.05, 4.69) is 15.9 Å². The summed E-state index contributed by atoms with van der Waals surface area (Å²) in [5, 5.41) is 9.06. The fraction of sp³-hybridized carbons (Fsp3) is 0. The highest BCUT2D eigenvalue weighted by molar-refractivity contribution is 9.10. The molecule has 2 nitrogen and oxygen atoms in total. The molecule has 2 aromatic rings. The van der Waals surface area contributed by atoms with E-state index in [0.29, 0.717) is 11.1 Å². The van der Waals surface area contributed by atoms with Crippen molar-refractivity contribution in [3.05, 3.63) is 69.7 Å². The Kier molecular flexibility index (Phi) is 3.95. The molecule has 0 aliphatic carbocycles. The Labute approximate surface area is 114 Å². The zero-order valence-corrected chi connectivity index (χ0v) is 11.1. The topological polar surface area (TPSA) is 37.3 Å². The van der Waals surface area contributed by atoms with Crippen LogP contribution in [0.3, 0.4) is 0 Å². The van der Waals surface area contributed by atoms with Crippen molar-refractivity contribution in [3.63, 3.8) is 0 Å². The Morgan fingerprint density at radius 2 is 1.67 bits per heavy atom. The summed E-state index contributed by atoms with van der Waals surface area (Å²) in [6, 6.07) is 14.8. The smallest absolute Gasteiger partial charge is 0.336 e. The van der Waals surface area contributed by atoms with E-state index in [4.69, 9.17) is 5.11 Å². The van der Waals surface area contributed by atoms with Crippen LogP contribution in [-0.4, -0.2) is 11.1 Å². The standard InChI is InChI=1S/C15H11BrO2/c16-13-9-6-11(7-10-13)5-8-12-3-1-2-4-14(12)15(17)18/h1-10H,(H,17,18)/b8-5-. The maximum absolute atomic E-state index is 11.0. The van der Waals surface area contributed by atoms with E-state index in [0.717, 1.165) is 10.0 Å². The van der Waals surface area contributed by atoms with Gasteiger partial charge in [0.1, 0.15) is 0 Å². The maximum atomic E-state index is 11.0. The number of benzene rings is 2. The van der Waals surface area contributed by atoms with Crippen molar-refractivity contribution in [2.75, 3.05) is 0 Å². The lowest BCUT2D eigenvalue weighted by Crippen LogP contribution is -1.98. The minimum atomic E-state index is -0.911. The molecular formula is C15H11BrO2. The first-order valence-electron chi connectivity index (χ1n) is 5.43. The quantitative estimate of drug-likeness (QED) is 0.858. The van der Waals surface area contributed by atoms with Crippen molar-refractivity contribution in [2.45, 2.75) is 0 Å². The zero-order valence-electron chi connectivity index (χ0n) is 9.51. The molecule has 2 aromatic carbocycles. The molecule has 0 amide bonds. The zero-order chi connectivity index (χ0) is 13.0. The molecule has 90 valence electrons. The molecule has 1 N–H and O–H groups in total. The van der Waals surface area contributed by atoms with Gasteiger partial charge in [-0.25, -0.2) is 4.79 Å². The Morgan fingerprint density at radius 3 is 2.33 bits per heavy atom. The summed E-state index contributed by atoms with van der Waals surface area (Å²) in [5.74, 6) is -0.911. The van der Waals surface area contributed by atoms with Gasteiger partial charge >= 0.3 is 5.97 Å².